The molecule has 0 rings (SSSR count). The lowest BCUT2D eigenvalue weighted by Crippen LogP contribution is -2.30. The van der Waals surface area contributed by atoms with Gasteiger partial charge < -0.3 is 9.74 Å². The maximum absolute atomic E-state index is 4.84. The number of nitrogens with two attached hydrogens (primary N) is 1. The van der Waals surface area contributed by atoms with Gasteiger partial charge in [0.1, 0.15) is 0 Å². The van der Waals surface area contributed by atoms with Crippen LogP contribution < -0.4 is 5.90 Å². The van der Waals surface area contributed by atoms with E-state index in [1.54, 1.807) is 0 Å². The van der Waals surface area contributed by atoms with Crippen LogP contribution in [0.3, 0.4) is 0 Å². The van der Waals surface area contributed by atoms with Crippen molar-refractivity contribution < 1.29 is 4.84 Å². The van der Waals surface area contributed by atoms with Crippen LogP contribution in [0.1, 0.15) is 6.92 Å². The molecule has 0 saturated carbocycles. The summed E-state index contributed by atoms with van der Waals surface area (Å²) >= 11 is 0. The van der Waals surface area contributed by atoms with Gasteiger partial charge in [-0.2, -0.15) is 0 Å². The molecule has 66 valence electrons. The van der Waals surface area contributed by atoms with Crippen molar-refractivity contribution in [1.82, 2.24) is 4.90 Å². The summed E-state index contributed by atoms with van der Waals surface area (Å²) in [7, 11) is 3.98. The minimum Gasteiger partial charge on any atom is -0.304 e. The fraction of sp³-hybridized carbons (Fsp3) is 1.00. The van der Waals surface area contributed by atoms with Gasteiger partial charge in [0, 0.05) is 6.04 Å². The van der Waals surface area contributed by atoms with Crippen molar-refractivity contribution in [2.45, 2.75) is 13.0 Å². The Morgan fingerprint density at radius 3 is 1.90 bits per heavy atom. The van der Waals surface area contributed by atoms with E-state index >= 15 is 0 Å². The number of nitrogens with zero attached hydrogens (tertiary/aromatic N) is 1. The van der Waals surface area contributed by atoms with Crippen molar-refractivity contribution in [2.75, 3.05) is 20.7 Å². The van der Waals surface area contributed by atoms with Gasteiger partial charge >= 0.3 is 0 Å². The van der Waals surface area contributed by atoms with E-state index in [4.69, 9.17) is 5.90 Å². The van der Waals surface area contributed by atoms with Gasteiger partial charge in [0.25, 0.3) is 0 Å². The minimum absolute atomic E-state index is 0. The van der Waals surface area contributed by atoms with Crippen LogP contribution in [0.15, 0.2) is 0 Å². The van der Waals surface area contributed by atoms with Crippen molar-refractivity contribution in [1.29, 1.82) is 0 Å². The first-order chi connectivity index (χ1) is 3.68. The van der Waals surface area contributed by atoms with E-state index in [9.17, 15) is 0 Å². The van der Waals surface area contributed by atoms with Gasteiger partial charge in [0.05, 0.1) is 6.61 Å². The van der Waals surface area contributed by atoms with Crippen LogP contribution in [0.2, 0.25) is 0 Å². The molecular formula is C5H16Cl2N2O. The molecule has 0 fully saturated rings. The number of likely N-dealkylation sites (N-methyl/N-ethyl adjacent to an activating group) is 1. The first-order valence-corrected chi connectivity index (χ1v) is 2.66. The fourth-order valence-corrected chi connectivity index (χ4v) is 0.288. The average Bonchev–Trinajstić information content (AvgIpc) is 1.67. The van der Waals surface area contributed by atoms with Crippen molar-refractivity contribution >= 4 is 24.8 Å². The maximum Gasteiger partial charge on any atom is 0.0831 e. The molecule has 0 aliphatic heterocycles. The Hall–Kier alpha value is 0.460. The molecule has 0 aliphatic carbocycles. The molecule has 0 aliphatic rings. The molecule has 0 aromatic carbocycles. The number of hydrogen-bond acceptors (Lipinski definition) is 3. The third-order valence-electron chi connectivity index (χ3n) is 1.22. The maximum atomic E-state index is 4.84. The molecular weight excluding hydrogens is 175 g/mol. The Morgan fingerprint density at radius 1 is 1.40 bits per heavy atom. The van der Waals surface area contributed by atoms with Gasteiger partial charge in [-0.3, -0.25) is 0 Å². The van der Waals surface area contributed by atoms with Crippen molar-refractivity contribution in [3.05, 3.63) is 0 Å². The van der Waals surface area contributed by atoms with Crippen LogP contribution in [0.25, 0.3) is 0 Å². The molecule has 10 heavy (non-hydrogen) atoms. The first kappa shape index (κ1) is 16.8. The van der Waals surface area contributed by atoms with E-state index in [0.717, 1.165) is 0 Å². The molecule has 0 bridgehead atoms. The topological polar surface area (TPSA) is 38.5 Å². The lowest BCUT2D eigenvalue weighted by molar-refractivity contribution is 0.0871. The second-order valence-corrected chi connectivity index (χ2v) is 2.15. The van der Waals surface area contributed by atoms with Crippen molar-refractivity contribution in [3.63, 3.8) is 0 Å². The zero-order chi connectivity index (χ0) is 6.57. The molecule has 0 saturated heterocycles. The van der Waals surface area contributed by atoms with E-state index in [0.29, 0.717) is 12.6 Å². The highest BCUT2D eigenvalue weighted by Crippen LogP contribution is 1.88. The Bertz CT molecular complexity index is 63.6. The lowest BCUT2D eigenvalue weighted by Gasteiger charge is -2.17. The van der Waals surface area contributed by atoms with E-state index in [1.165, 1.54) is 0 Å². The molecule has 5 heteroatoms. The molecule has 2 N–H and O–H groups in total. The summed E-state index contributed by atoms with van der Waals surface area (Å²) in [6, 6.07) is 0.403. The third-order valence-corrected chi connectivity index (χ3v) is 1.22. The highest BCUT2D eigenvalue weighted by atomic mass is 35.5. The first-order valence-electron chi connectivity index (χ1n) is 2.66. The monoisotopic (exact) mass is 190 g/mol. The van der Waals surface area contributed by atoms with E-state index in [1.807, 2.05) is 25.9 Å². The summed E-state index contributed by atoms with van der Waals surface area (Å²) < 4.78 is 0. The predicted octanol–water partition coefficient (Wildman–Crippen LogP) is 0.670. The van der Waals surface area contributed by atoms with Gasteiger partial charge in [0.15, 0.2) is 0 Å². The average molecular weight is 191 g/mol. The molecule has 0 radical (unpaired) electrons. The molecule has 1 unspecified atom stereocenters. The number of rotatable bonds is 3. The quantitative estimate of drug-likeness (QED) is 0.666. The molecule has 0 heterocycles. The number of halogens is 2. The third kappa shape index (κ3) is 8.46. The molecule has 0 spiro atoms. The summed E-state index contributed by atoms with van der Waals surface area (Å²) in [4.78, 5) is 6.47. The predicted molar refractivity (Wildman–Crippen MR) is 47.8 cm³/mol. The van der Waals surface area contributed by atoms with Crippen molar-refractivity contribution in [2.24, 2.45) is 5.90 Å². The van der Waals surface area contributed by atoms with Gasteiger partial charge in [-0.05, 0) is 21.0 Å². The number of hydrogen-bond donors (Lipinski definition) is 1. The Morgan fingerprint density at radius 2 is 1.80 bits per heavy atom. The molecule has 1 atom stereocenters. The Labute approximate surface area is 74.7 Å². The van der Waals surface area contributed by atoms with Gasteiger partial charge in [0.2, 0.25) is 0 Å². The molecule has 3 nitrogen and oxygen atoms in total. The van der Waals surface area contributed by atoms with Crippen LogP contribution in [-0.4, -0.2) is 31.6 Å². The summed E-state index contributed by atoms with van der Waals surface area (Å²) in [5.41, 5.74) is 0. The second kappa shape index (κ2) is 9.46. The smallest absolute Gasteiger partial charge is 0.0831 e. The molecule has 0 aromatic rings. The second-order valence-electron chi connectivity index (χ2n) is 2.15. The lowest BCUT2D eigenvalue weighted by atomic mass is 10.3. The standard InChI is InChI=1S/C5H14N2O.2ClH/c1-5(4-8-6)7(2)3;;/h5H,4,6H2,1-3H3;2*1H. The minimum atomic E-state index is 0. The molecule has 0 aromatic heterocycles. The van der Waals surface area contributed by atoms with Crippen LogP contribution in [-0.2, 0) is 4.84 Å². The zero-order valence-electron chi connectivity index (χ0n) is 6.53. The fourth-order valence-electron chi connectivity index (χ4n) is 0.288. The highest BCUT2D eigenvalue weighted by Gasteiger charge is 2.01. The highest BCUT2D eigenvalue weighted by molar-refractivity contribution is 5.85. The molecule has 0 amide bonds. The van der Waals surface area contributed by atoms with Crippen molar-refractivity contribution in [3.8, 4) is 0 Å². The van der Waals surface area contributed by atoms with Crippen LogP contribution in [0.4, 0.5) is 0 Å². The Kier molecular flexibility index (Phi) is 15.9. The van der Waals surface area contributed by atoms with Gasteiger partial charge in [-0.15, -0.1) is 24.8 Å². The largest absolute Gasteiger partial charge is 0.304 e. The Balaban J connectivity index is -0.000000245. The van der Waals surface area contributed by atoms with E-state index in [2.05, 4.69) is 4.84 Å². The summed E-state index contributed by atoms with van der Waals surface area (Å²) in [6.45, 7) is 2.64. The SMILES string of the molecule is CC(CON)N(C)C.Cl.Cl. The summed E-state index contributed by atoms with van der Waals surface area (Å²) in [5, 5.41) is 0. The summed E-state index contributed by atoms with van der Waals surface area (Å²) in [6.07, 6.45) is 0. The van der Waals surface area contributed by atoms with Gasteiger partial charge in [-0.25, -0.2) is 5.90 Å². The van der Waals surface area contributed by atoms with E-state index < -0.39 is 0 Å². The van der Waals surface area contributed by atoms with Crippen LogP contribution in [0, 0.1) is 0 Å². The zero-order valence-corrected chi connectivity index (χ0v) is 8.17. The van der Waals surface area contributed by atoms with E-state index in [-0.39, 0.29) is 24.8 Å². The van der Waals surface area contributed by atoms with Gasteiger partial charge in [-0.1, -0.05) is 0 Å². The van der Waals surface area contributed by atoms with Crippen LogP contribution in [0.5, 0.6) is 0 Å². The summed E-state index contributed by atoms with van der Waals surface area (Å²) in [5.74, 6) is 4.84. The van der Waals surface area contributed by atoms with Crippen LogP contribution >= 0.6 is 24.8 Å². The normalized spacial score (nSPS) is 11.7.